The highest BCUT2D eigenvalue weighted by Crippen LogP contribution is 2.65. The Bertz CT molecular complexity index is 1050. The summed E-state index contributed by atoms with van der Waals surface area (Å²) in [7, 11) is 0. The predicted molar refractivity (Wildman–Crippen MR) is 109 cm³/mol. The summed E-state index contributed by atoms with van der Waals surface area (Å²) in [5.41, 5.74) is -1.71. The van der Waals surface area contributed by atoms with Gasteiger partial charge in [-0.05, 0) is 25.5 Å². The van der Waals surface area contributed by atoms with Crippen LogP contribution in [0.25, 0.3) is 5.69 Å². The van der Waals surface area contributed by atoms with E-state index in [1.807, 2.05) is 6.07 Å². The molecule has 0 amide bonds. The quantitative estimate of drug-likeness (QED) is 0.264. The Kier molecular flexibility index (Phi) is 5.98. The van der Waals surface area contributed by atoms with E-state index in [0.717, 1.165) is 23.2 Å². The van der Waals surface area contributed by atoms with Gasteiger partial charge in [-0.2, -0.15) is 28.5 Å². The van der Waals surface area contributed by atoms with Gasteiger partial charge in [-0.1, -0.05) is 30.1 Å². The molecule has 0 saturated heterocycles. The molecule has 0 aliphatic heterocycles. The van der Waals surface area contributed by atoms with Gasteiger partial charge in [0.25, 0.3) is 0 Å². The van der Waals surface area contributed by atoms with Crippen molar-refractivity contribution in [1.29, 1.82) is 5.26 Å². The van der Waals surface area contributed by atoms with Gasteiger partial charge in [0.15, 0.2) is 12.2 Å². The number of aromatic nitrogens is 2. The summed E-state index contributed by atoms with van der Waals surface area (Å²) in [6, 6.07) is 3.45. The van der Waals surface area contributed by atoms with Gasteiger partial charge >= 0.3 is 6.18 Å². The largest absolute Gasteiger partial charge is 0.483 e. The molecule has 30 heavy (non-hydrogen) atoms. The molecule has 0 bridgehead atoms. The first-order valence-electron chi connectivity index (χ1n) is 8.49. The van der Waals surface area contributed by atoms with E-state index in [-0.39, 0.29) is 32.8 Å². The smallest absolute Gasteiger partial charge is 0.416 e. The van der Waals surface area contributed by atoms with Crippen LogP contribution < -0.4 is 0 Å². The molecule has 1 aliphatic rings. The number of nitrogens with zero attached hydrogens (tertiary/aromatic N) is 4. The third kappa shape index (κ3) is 3.84. The average Bonchev–Trinajstić information content (AvgIpc) is 2.96. The first-order chi connectivity index (χ1) is 13.9. The molecule has 2 aromatic rings. The molecule has 1 fully saturated rings. The van der Waals surface area contributed by atoms with Crippen LogP contribution in [0.15, 0.2) is 17.1 Å². The maximum atomic E-state index is 13.1. The first-order valence-corrected chi connectivity index (χ1v) is 10.0. The van der Waals surface area contributed by atoms with Crippen LogP contribution in [0.1, 0.15) is 37.1 Å². The Morgan fingerprint density at radius 1 is 1.33 bits per heavy atom. The molecule has 5 nitrogen and oxygen atoms in total. The third-order valence-electron chi connectivity index (χ3n) is 4.73. The van der Waals surface area contributed by atoms with E-state index in [4.69, 9.17) is 51.1 Å². The summed E-state index contributed by atoms with van der Waals surface area (Å²) in [6.07, 6.45) is -3.24. The summed E-state index contributed by atoms with van der Waals surface area (Å²) in [4.78, 5) is 4.11. The second-order valence-electron chi connectivity index (χ2n) is 6.76. The van der Waals surface area contributed by atoms with Crippen molar-refractivity contribution >= 4 is 58.6 Å². The maximum absolute atomic E-state index is 13.1. The summed E-state index contributed by atoms with van der Waals surface area (Å²) < 4.78 is 44.3. The number of hydrogen-bond donors (Lipinski definition) is 0. The van der Waals surface area contributed by atoms with Crippen molar-refractivity contribution in [1.82, 2.24) is 9.78 Å². The van der Waals surface area contributed by atoms with Gasteiger partial charge in [-0.25, -0.2) is 4.68 Å². The second kappa shape index (κ2) is 7.79. The zero-order chi connectivity index (χ0) is 22.5. The van der Waals surface area contributed by atoms with E-state index < -0.39 is 21.5 Å². The second-order valence-corrected chi connectivity index (χ2v) is 9.06. The number of hydrogen-bond acceptors (Lipinski definition) is 4. The topological polar surface area (TPSA) is 63.2 Å². The van der Waals surface area contributed by atoms with E-state index >= 15 is 0 Å². The van der Waals surface area contributed by atoms with Crippen LogP contribution in [0.2, 0.25) is 10.0 Å². The van der Waals surface area contributed by atoms with Crippen molar-refractivity contribution in [3.8, 4) is 11.8 Å². The Labute approximate surface area is 189 Å². The number of nitriles is 1. The van der Waals surface area contributed by atoms with E-state index in [1.165, 1.54) is 0 Å². The van der Waals surface area contributed by atoms with Crippen molar-refractivity contribution in [2.45, 2.75) is 36.2 Å². The molecule has 1 heterocycles. The van der Waals surface area contributed by atoms with Gasteiger partial charge in [-0.3, -0.25) is 0 Å². The number of aliphatic imine (C=N–C) groups is 1. The summed E-state index contributed by atoms with van der Waals surface area (Å²) in [6.45, 7) is 3.75. The van der Waals surface area contributed by atoms with Crippen molar-refractivity contribution in [2.24, 2.45) is 4.99 Å². The van der Waals surface area contributed by atoms with Gasteiger partial charge < -0.3 is 4.74 Å². The van der Waals surface area contributed by atoms with Crippen LogP contribution in [-0.4, -0.2) is 27.1 Å². The van der Waals surface area contributed by atoms with Gasteiger partial charge in [0, 0.05) is 5.41 Å². The molecule has 1 unspecified atom stereocenters. The lowest BCUT2D eigenvalue weighted by Crippen LogP contribution is -2.13. The predicted octanol–water partition coefficient (Wildman–Crippen LogP) is 6.60. The highest BCUT2D eigenvalue weighted by molar-refractivity contribution is 6.52. The van der Waals surface area contributed by atoms with E-state index in [0.29, 0.717) is 13.0 Å². The molecule has 3 rings (SSSR count). The molecule has 12 heteroatoms. The van der Waals surface area contributed by atoms with Gasteiger partial charge in [0.05, 0.1) is 27.9 Å². The van der Waals surface area contributed by atoms with Gasteiger partial charge in [-0.15, -0.1) is 23.2 Å². The van der Waals surface area contributed by atoms with Crippen LogP contribution >= 0.6 is 46.4 Å². The fourth-order valence-electron chi connectivity index (χ4n) is 2.92. The fraction of sp³-hybridized carbons (Fsp3) is 0.389. The molecule has 160 valence electrons. The van der Waals surface area contributed by atoms with Crippen molar-refractivity contribution in [3.05, 3.63) is 39.0 Å². The van der Waals surface area contributed by atoms with E-state index in [1.54, 1.807) is 13.8 Å². The normalized spacial score (nSPS) is 20.4. The summed E-state index contributed by atoms with van der Waals surface area (Å²) in [5, 5.41) is 13.5. The monoisotopic (exact) mass is 498 g/mol. The van der Waals surface area contributed by atoms with Gasteiger partial charge in [0.2, 0.25) is 0 Å². The molecular weight excluding hydrogens is 487 g/mol. The van der Waals surface area contributed by atoms with Crippen LogP contribution in [0.5, 0.6) is 0 Å². The van der Waals surface area contributed by atoms with Crippen molar-refractivity contribution in [2.75, 3.05) is 6.61 Å². The number of halogens is 7. The molecule has 0 N–H and O–H groups in total. The highest BCUT2D eigenvalue weighted by Gasteiger charge is 2.66. The molecule has 1 saturated carbocycles. The minimum atomic E-state index is -4.65. The van der Waals surface area contributed by atoms with Crippen LogP contribution in [0.4, 0.5) is 19.0 Å². The number of alkyl halides is 5. The van der Waals surface area contributed by atoms with Crippen LogP contribution in [0.3, 0.4) is 0 Å². The summed E-state index contributed by atoms with van der Waals surface area (Å²) in [5.74, 6) is -0.0261. The highest BCUT2D eigenvalue weighted by atomic mass is 35.5. The Hall–Kier alpha value is -1.66. The zero-order valence-corrected chi connectivity index (χ0v) is 18.5. The lowest BCUT2D eigenvalue weighted by atomic mass is 10.0. The number of benzene rings is 1. The molecule has 1 aromatic heterocycles. The van der Waals surface area contributed by atoms with Crippen molar-refractivity contribution in [3.63, 3.8) is 0 Å². The molecular formula is C18H13Cl4F3N4O. The minimum Gasteiger partial charge on any atom is -0.483 e. The standard InChI is InChI=1S/C18H13Cl4F3N4O/c1-3-30-8-27-15-10(6-26)14(16(2)7-17(16,21)22)28-29(15)13-11(19)4-9(5-12(13)20)18(23,24)25/h4-5,8H,3,7H2,1-2H3. The molecule has 1 aromatic carbocycles. The minimum absolute atomic E-state index is 0.0261. The fourth-order valence-corrected chi connectivity index (χ4v) is 4.28. The lowest BCUT2D eigenvalue weighted by Gasteiger charge is -2.13. The van der Waals surface area contributed by atoms with Crippen LogP contribution in [-0.2, 0) is 16.3 Å². The van der Waals surface area contributed by atoms with Crippen molar-refractivity contribution < 1.29 is 17.9 Å². The molecule has 0 spiro atoms. The summed E-state index contributed by atoms with van der Waals surface area (Å²) >= 11 is 24.8. The Balaban J connectivity index is 2.28. The van der Waals surface area contributed by atoms with Crippen LogP contribution in [0, 0.1) is 11.3 Å². The zero-order valence-electron chi connectivity index (χ0n) is 15.5. The molecule has 0 radical (unpaired) electrons. The SMILES string of the molecule is CCOC=Nc1c(C#N)c(C2(C)CC2(Cl)Cl)nn1-c1c(Cl)cc(C(F)(F)F)cc1Cl. The van der Waals surface area contributed by atoms with Gasteiger partial charge in [0.1, 0.15) is 21.7 Å². The average molecular weight is 500 g/mol. The lowest BCUT2D eigenvalue weighted by molar-refractivity contribution is -0.137. The van der Waals surface area contributed by atoms with E-state index in [2.05, 4.69) is 10.1 Å². The number of ether oxygens (including phenoxy) is 1. The molecule has 1 atom stereocenters. The first kappa shape index (κ1) is 23.0. The maximum Gasteiger partial charge on any atom is 0.416 e. The Morgan fingerprint density at radius 3 is 2.33 bits per heavy atom. The number of rotatable bonds is 5. The van der Waals surface area contributed by atoms with E-state index in [9.17, 15) is 18.4 Å². The Morgan fingerprint density at radius 2 is 1.90 bits per heavy atom. The third-order valence-corrected chi connectivity index (χ3v) is 6.40. The molecule has 1 aliphatic carbocycles.